The predicted molar refractivity (Wildman–Crippen MR) is 104 cm³/mol. The number of benzene rings is 2. The zero-order chi connectivity index (χ0) is 19.9. The molecule has 0 aliphatic carbocycles. The Morgan fingerprint density at radius 2 is 1.82 bits per heavy atom. The molecule has 1 N–H and O–H groups in total. The van der Waals surface area contributed by atoms with Gasteiger partial charge in [-0.3, -0.25) is 4.79 Å². The Bertz CT molecular complexity index is 860. The first-order valence-electron chi connectivity index (χ1n) is 8.79. The number of hydrogen-bond donors (Lipinski definition) is 1. The molecule has 0 bridgehead atoms. The summed E-state index contributed by atoms with van der Waals surface area (Å²) >= 11 is 0. The zero-order valence-electron chi connectivity index (χ0n) is 16.1. The molecule has 0 saturated carbocycles. The summed E-state index contributed by atoms with van der Waals surface area (Å²) < 4.78 is 27.0. The molecule has 1 aliphatic heterocycles. The Labute approximate surface area is 163 Å². The van der Waals surface area contributed by atoms with Crippen molar-refractivity contribution in [2.45, 2.75) is 6.54 Å². The van der Waals surface area contributed by atoms with Crippen LogP contribution in [0.15, 0.2) is 36.4 Å². The molecular weight excluding hydrogens is 362 g/mol. The minimum absolute atomic E-state index is 0.230. The quantitative estimate of drug-likeness (QED) is 0.739. The number of carbonyl (C=O) groups excluding carboxylic acids is 1. The van der Waals surface area contributed by atoms with Gasteiger partial charge < -0.3 is 29.0 Å². The van der Waals surface area contributed by atoms with Crippen molar-refractivity contribution in [3.8, 4) is 28.7 Å². The van der Waals surface area contributed by atoms with E-state index in [1.165, 1.54) is 6.08 Å². The van der Waals surface area contributed by atoms with Crippen molar-refractivity contribution >= 4 is 12.0 Å². The molecule has 0 unspecified atom stereocenters. The summed E-state index contributed by atoms with van der Waals surface area (Å²) in [7, 11) is 4.74. The predicted octanol–water partition coefficient (Wildman–Crippen LogP) is 2.81. The van der Waals surface area contributed by atoms with Gasteiger partial charge >= 0.3 is 0 Å². The Kier molecular flexibility index (Phi) is 6.26. The van der Waals surface area contributed by atoms with Gasteiger partial charge in [-0.1, -0.05) is 0 Å². The van der Waals surface area contributed by atoms with Crippen LogP contribution in [0.5, 0.6) is 28.7 Å². The van der Waals surface area contributed by atoms with E-state index in [9.17, 15) is 4.79 Å². The van der Waals surface area contributed by atoms with E-state index in [0.29, 0.717) is 48.5 Å². The number of nitrogens with one attached hydrogen (secondary N) is 1. The summed E-state index contributed by atoms with van der Waals surface area (Å²) in [5.74, 6) is 2.88. The maximum absolute atomic E-state index is 12.2. The van der Waals surface area contributed by atoms with E-state index in [2.05, 4.69) is 5.32 Å². The van der Waals surface area contributed by atoms with Crippen LogP contribution >= 0.6 is 0 Å². The number of ether oxygens (including phenoxy) is 5. The fourth-order valence-electron chi connectivity index (χ4n) is 2.80. The Morgan fingerprint density at radius 3 is 2.57 bits per heavy atom. The molecule has 3 rings (SSSR count). The molecule has 7 heteroatoms. The minimum atomic E-state index is -0.230. The van der Waals surface area contributed by atoms with Gasteiger partial charge in [0, 0.05) is 24.3 Å². The van der Waals surface area contributed by atoms with Gasteiger partial charge in [0.15, 0.2) is 11.5 Å². The Morgan fingerprint density at radius 1 is 1.04 bits per heavy atom. The van der Waals surface area contributed by atoms with E-state index in [1.54, 1.807) is 39.5 Å². The number of methoxy groups -OCH3 is 3. The summed E-state index contributed by atoms with van der Waals surface area (Å²) in [6.45, 7) is 1.30. The average molecular weight is 385 g/mol. The molecule has 0 aromatic heterocycles. The maximum atomic E-state index is 12.2. The first-order valence-corrected chi connectivity index (χ1v) is 8.79. The van der Waals surface area contributed by atoms with Crippen LogP contribution in [0.4, 0.5) is 0 Å². The largest absolute Gasteiger partial charge is 0.497 e. The topological polar surface area (TPSA) is 75.3 Å². The smallest absolute Gasteiger partial charge is 0.244 e. The molecule has 0 atom stereocenters. The monoisotopic (exact) mass is 385 g/mol. The second-order valence-electron chi connectivity index (χ2n) is 5.98. The van der Waals surface area contributed by atoms with Crippen molar-refractivity contribution in [2.24, 2.45) is 0 Å². The van der Waals surface area contributed by atoms with Crippen LogP contribution < -0.4 is 29.0 Å². The summed E-state index contributed by atoms with van der Waals surface area (Å²) in [6.07, 6.45) is 3.15. The van der Waals surface area contributed by atoms with Crippen molar-refractivity contribution in [2.75, 3.05) is 34.5 Å². The highest BCUT2D eigenvalue weighted by Gasteiger charge is 2.17. The van der Waals surface area contributed by atoms with E-state index in [0.717, 1.165) is 11.1 Å². The van der Waals surface area contributed by atoms with Crippen LogP contribution in [0.25, 0.3) is 6.08 Å². The van der Waals surface area contributed by atoms with Crippen LogP contribution in [-0.4, -0.2) is 40.5 Å². The number of amides is 1. The van der Waals surface area contributed by atoms with Crippen molar-refractivity contribution in [3.05, 3.63) is 47.5 Å². The van der Waals surface area contributed by atoms with Crippen molar-refractivity contribution < 1.29 is 28.5 Å². The van der Waals surface area contributed by atoms with E-state index in [-0.39, 0.29) is 5.91 Å². The molecule has 0 radical (unpaired) electrons. The van der Waals surface area contributed by atoms with Gasteiger partial charge in [-0.2, -0.15) is 0 Å². The van der Waals surface area contributed by atoms with E-state index in [1.807, 2.05) is 18.2 Å². The first-order chi connectivity index (χ1) is 13.6. The van der Waals surface area contributed by atoms with Gasteiger partial charge in [0.2, 0.25) is 11.7 Å². The molecule has 2 aromatic carbocycles. The van der Waals surface area contributed by atoms with Gasteiger partial charge in [-0.15, -0.1) is 0 Å². The van der Waals surface area contributed by atoms with Gasteiger partial charge in [0.05, 0.1) is 21.3 Å². The lowest BCUT2D eigenvalue weighted by Gasteiger charge is -2.20. The molecule has 2 aromatic rings. The van der Waals surface area contributed by atoms with Gasteiger partial charge in [0.25, 0.3) is 0 Å². The van der Waals surface area contributed by atoms with Gasteiger partial charge in [-0.25, -0.2) is 0 Å². The number of rotatable bonds is 7. The second kappa shape index (κ2) is 9.03. The molecule has 1 aliphatic rings. The second-order valence-corrected chi connectivity index (χ2v) is 5.98. The van der Waals surface area contributed by atoms with Gasteiger partial charge in [-0.05, 0) is 35.9 Å². The van der Waals surface area contributed by atoms with Gasteiger partial charge in [0.1, 0.15) is 24.7 Å². The normalized spacial score (nSPS) is 12.5. The number of carbonyl (C=O) groups is 1. The fourth-order valence-corrected chi connectivity index (χ4v) is 2.80. The minimum Gasteiger partial charge on any atom is -0.497 e. The van der Waals surface area contributed by atoms with E-state index in [4.69, 9.17) is 23.7 Å². The lowest BCUT2D eigenvalue weighted by atomic mass is 10.1. The molecule has 0 spiro atoms. The summed E-state index contributed by atoms with van der Waals surface area (Å²) in [6, 6.07) is 9.06. The van der Waals surface area contributed by atoms with Crippen LogP contribution in [0, 0.1) is 0 Å². The molecule has 1 heterocycles. The molecule has 1 amide bonds. The van der Waals surface area contributed by atoms with Crippen molar-refractivity contribution in [1.29, 1.82) is 0 Å². The van der Waals surface area contributed by atoms with Crippen molar-refractivity contribution in [1.82, 2.24) is 5.32 Å². The molecule has 0 fully saturated rings. The Balaban J connectivity index is 1.66. The van der Waals surface area contributed by atoms with E-state index >= 15 is 0 Å². The third-order valence-electron chi connectivity index (χ3n) is 4.22. The van der Waals surface area contributed by atoms with Crippen LogP contribution in [0.1, 0.15) is 11.1 Å². The summed E-state index contributed by atoms with van der Waals surface area (Å²) in [5.41, 5.74) is 1.63. The summed E-state index contributed by atoms with van der Waals surface area (Å²) in [5, 5.41) is 2.84. The highest BCUT2D eigenvalue weighted by Crippen LogP contribution is 2.40. The summed E-state index contributed by atoms with van der Waals surface area (Å²) in [4.78, 5) is 12.2. The average Bonchev–Trinajstić information content (AvgIpc) is 2.75. The lowest BCUT2D eigenvalue weighted by Crippen LogP contribution is -2.20. The maximum Gasteiger partial charge on any atom is 0.244 e. The molecule has 7 nitrogen and oxygen atoms in total. The third-order valence-corrected chi connectivity index (χ3v) is 4.22. The highest BCUT2D eigenvalue weighted by atomic mass is 16.6. The zero-order valence-corrected chi connectivity index (χ0v) is 16.1. The van der Waals surface area contributed by atoms with Crippen LogP contribution in [0.3, 0.4) is 0 Å². The van der Waals surface area contributed by atoms with Crippen molar-refractivity contribution in [3.63, 3.8) is 0 Å². The van der Waals surface area contributed by atoms with E-state index < -0.39 is 0 Å². The third kappa shape index (κ3) is 4.49. The number of hydrogen-bond acceptors (Lipinski definition) is 6. The molecule has 28 heavy (non-hydrogen) atoms. The first kappa shape index (κ1) is 19.4. The SMILES string of the molecule is COc1ccc(CNC(=O)/C=C/c2cc(OC)c3c(c2)OCCO3)c(OC)c1. The standard InChI is InChI=1S/C21H23NO6/c1-24-16-6-5-15(17(12-16)25-2)13-22-20(23)7-4-14-10-18(26-3)21-19(11-14)27-8-9-28-21/h4-7,10-12H,8-9,13H2,1-3H3,(H,22,23)/b7-4+. The van der Waals surface area contributed by atoms with Crippen LogP contribution in [-0.2, 0) is 11.3 Å². The molecule has 148 valence electrons. The Hall–Kier alpha value is -3.35. The van der Waals surface area contributed by atoms with Crippen LogP contribution in [0.2, 0.25) is 0 Å². The fraction of sp³-hybridized carbons (Fsp3) is 0.286. The highest BCUT2D eigenvalue weighted by molar-refractivity contribution is 5.91. The molecular formula is C21H23NO6. The number of fused-ring (bicyclic) bond motifs is 1. The lowest BCUT2D eigenvalue weighted by molar-refractivity contribution is -0.116. The molecule has 0 saturated heterocycles.